The summed E-state index contributed by atoms with van der Waals surface area (Å²) in [6.45, 7) is 6.17. The Labute approximate surface area is 119 Å². The summed E-state index contributed by atoms with van der Waals surface area (Å²) in [5.74, 6) is 1.42. The number of aromatic nitrogens is 2. The molecule has 1 aromatic rings. The van der Waals surface area contributed by atoms with Gasteiger partial charge in [0, 0.05) is 18.6 Å². The Bertz CT molecular complexity index is 437. The summed E-state index contributed by atoms with van der Waals surface area (Å²) >= 11 is 0. The fourth-order valence-electron chi connectivity index (χ4n) is 3.50. The molecule has 6 nitrogen and oxygen atoms in total. The first-order valence-electron chi connectivity index (χ1n) is 7.64. The molecule has 1 N–H and O–H groups in total. The lowest BCUT2D eigenvalue weighted by molar-refractivity contribution is 0.115. The van der Waals surface area contributed by atoms with E-state index >= 15 is 0 Å². The first-order chi connectivity index (χ1) is 9.76. The van der Waals surface area contributed by atoms with Crippen molar-refractivity contribution in [3.63, 3.8) is 0 Å². The lowest BCUT2D eigenvalue weighted by atomic mass is 10.2. The number of aliphatic hydroxyl groups is 1. The molecule has 2 unspecified atom stereocenters. The summed E-state index contributed by atoms with van der Waals surface area (Å²) in [6, 6.07) is 0.914. The molecule has 20 heavy (non-hydrogen) atoms. The van der Waals surface area contributed by atoms with E-state index < -0.39 is 0 Å². The summed E-state index contributed by atoms with van der Waals surface area (Å²) in [5.41, 5.74) is 0. The van der Waals surface area contributed by atoms with Crippen molar-refractivity contribution in [1.82, 2.24) is 19.9 Å². The van der Waals surface area contributed by atoms with Crippen molar-refractivity contribution in [3.05, 3.63) is 11.7 Å². The predicted molar refractivity (Wildman–Crippen MR) is 74.1 cm³/mol. The molecule has 0 spiro atoms. The molecule has 2 atom stereocenters. The molecule has 2 saturated heterocycles. The Kier molecular flexibility index (Phi) is 4.33. The minimum Gasteiger partial charge on any atom is -0.395 e. The zero-order chi connectivity index (χ0) is 13.9. The zero-order valence-electron chi connectivity index (χ0n) is 12.2. The zero-order valence-corrected chi connectivity index (χ0v) is 12.2. The highest BCUT2D eigenvalue weighted by Gasteiger charge is 2.31. The number of likely N-dealkylation sites (tertiary alicyclic amines) is 2. The third kappa shape index (κ3) is 3.02. The van der Waals surface area contributed by atoms with Crippen molar-refractivity contribution in [2.24, 2.45) is 0 Å². The molecule has 6 heteroatoms. The van der Waals surface area contributed by atoms with Crippen molar-refractivity contribution in [1.29, 1.82) is 0 Å². The molecular weight excluding hydrogens is 256 g/mol. The van der Waals surface area contributed by atoms with Gasteiger partial charge in [-0.05, 0) is 45.7 Å². The highest BCUT2D eigenvalue weighted by atomic mass is 16.5. The molecule has 2 aliphatic rings. The van der Waals surface area contributed by atoms with Gasteiger partial charge in [0.05, 0.1) is 13.2 Å². The van der Waals surface area contributed by atoms with Gasteiger partial charge in [0.25, 0.3) is 0 Å². The van der Waals surface area contributed by atoms with Crippen molar-refractivity contribution < 1.29 is 9.63 Å². The van der Waals surface area contributed by atoms with Crippen LogP contribution >= 0.6 is 0 Å². The van der Waals surface area contributed by atoms with Gasteiger partial charge in [-0.2, -0.15) is 4.98 Å². The summed E-state index contributed by atoms with van der Waals surface area (Å²) in [5, 5.41) is 13.3. The highest BCUT2D eigenvalue weighted by molar-refractivity contribution is 4.90. The Balaban J connectivity index is 1.58. The van der Waals surface area contributed by atoms with Crippen LogP contribution in [0.1, 0.15) is 37.4 Å². The van der Waals surface area contributed by atoms with Gasteiger partial charge in [-0.3, -0.25) is 9.80 Å². The van der Waals surface area contributed by atoms with Gasteiger partial charge >= 0.3 is 0 Å². The maximum Gasteiger partial charge on any atom is 0.240 e. The quantitative estimate of drug-likeness (QED) is 0.860. The monoisotopic (exact) mass is 280 g/mol. The molecule has 1 aromatic heterocycles. The SMILES string of the molecule is Cc1noc(CN2CCCC2CN2CCCC2CO)n1. The average Bonchev–Trinajstić information content (AvgIpc) is 3.14. The predicted octanol–water partition coefficient (Wildman–Crippen LogP) is 0.799. The van der Waals surface area contributed by atoms with E-state index in [0.29, 0.717) is 17.9 Å². The van der Waals surface area contributed by atoms with Crippen LogP contribution in [0.4, 0.5) is 0 Å². The van der Waals surface area contributed by atoms with Crippen LogP contribution in [0.5, 0.6) is 0 Å². The lowest BCUT2D eigenvalue weighted by Crippen LogP contribution is -2.43. The fourth-order valence-corrected chi connectivity index (χ4v) is 3.50. The average molecular weight is 280 g/mol. The van der Waals surface area contributed by atoms with Crippen molar-refractivity contribution in [3.8, 4) is 0 Å². The van der Waals surface area contributed by atoms with Gasteiger partial charge < -0.3 is 9.63 Å². The smallest absolute Gasteiger partial charge is 0.240 e. The van der Waals surface area contributed by atoms with E-state index in [4.69, 9.17) is 4.52 Å². The third-order valence-electron chi connectivity index (χ3n) is 4.56. The Morgan fingerprint density at radius 2 is 1.95 bits per heavy atom. The molecule has 0 bridgehead atoms. The van der Waals surface area contributed by atoms with Crippen molar-refractivity contribution in [2.75, 3.05) is 26.2 Å². The summed E-state index contributed by atoms with van der Waals surface area (Å²) in [4.78, 5) is 9.19. The number of rotatable bonds is 5. The minimum atomic E-state index is 0.287. The van der Waals surface area contributed by atoms with Crippen LogP contribution in [-0.2, 0) is 6.54 Å². The van der Waals surface area contributed by atoms with E-state index in [1.165, 1.54) is 19.3 Å². The summed E-state index contributed by atoms with van der Waals surface area (Å²) in [7, 11) is 0. The van der Waals surface area contributed by atoms with Crippen LogP contribution in [0.2, 0.25) is 0 Å². The van der Waals surface area contributed by atoms with E-state index in [1.807, 2.05) is 6.92 Å². The molecule has 0 radical (unpaired) electrons. The maximum absolute atomic E-state index is 9.43. The molecule has 112 valence electrons. The standard InChI is InChI=1S/C14H24N4O2/c1-11-15-14(20-16-11)9-18-7-2-4-12(18)8-17-6-3-5-13(17)10-19/h12-13,19H,2-10H2,1H3. The van der Waals surface area contributed by atoms with Crippen LogP contribution in [0.3, 0.4) is 0 Å². The number of nitrogens with zero attached hydrogens (tertiary/aromatic N) is 4. The van der Waals surface area contributed by atoms with E-state index in [9.17, 15) is 5.11 Å². The molecule has 2 fully saturated rings. The number of aliphatic hydroxyl groups excluding tert-OH is 1. The van der Waals surface area contributed by atoms with Crippen LogP contribution < -0.4 is 0 Å². The van der Waals surface area contributed by atoms with Gasteiger partial charge in [-0.25, -0.2) is 0 Å². The number of hydrogen-bond acceptors (Lipinski definition) is 6. The molecule has 0 amide bonds. The Hall–Kier alpha value is -0.980. The molecule has 2 aliphatic heterocycles. The van der Waals surface area contributed by atoms with Crippen LogP contribution in [-0.4, -0.2) is 63.4 Å². The van der Waals surface area contributed by atoms with E-state index in [0.717, 1.165) is 38.5 Å². The number of aryl methyl sites for hydroxylation is 1. The van der Waals surface area contributed by atoms with Gasteiger partial charge in [0.15, 0.2) is 5.82 Å². The van der Waals surface area contributed by atoms with Crippen LogP contribution in [0.25, 0.3) is 0 Å². The fraction of sp³-hybridized carbons (Fsp3) is 0.857. The van der Waals surface area contributed by atoms with Gasteiger partial charge in [-0.1, -0.05) is 5.16 Å². The molecule has 3 rings (SSSR count). The largest absolute Gasteiger partial charge is 0.395 e. The first-order valence-corrected chi connectivity index (χ1v) is 7.64. The Morgan fingerprint density at radius 3 is 2.65 bits per heavy atom. The molecular formula is C14H24N4O2. The second-order valence-electron chi connectivity index (χ2n) is 5.98. The van der Waals surface area contributed by atoms with E-state index in [1.54, 1.807) is 0 Å². The van der Waals surface area contributed by atoms with Gasteiger partial charge in [-0.15, -0.1) is 0 Å². The summed E-state index contributed by atoms with van der Waals surface area (Å²) < 4.78 is 5.23. The van der Waals surface area contributed by atoms with Gasteiger partial charge in [0.1, 0.15) is 0 Å². The van der Waals surface area contributed by atoms with Crippen molar-refractivity contribution >= 4 is 0 Å². The minimum absolute atomic E-state index is 0.287. The molecule has 0 saturated carbocycles. The molecule has 3 heterocycles. The normalized spacial score (nSPS) is 28.5. The van der Waals surface area contributed by atoms with Crippen molar-refractivity contribution in [2.45, 2.75) is 51.2 Å². The molecule has 0 aromatic carbocycles. The second-order valence-corrected chi connectivity index (χ2v) is 5.98. The topological polar surface area (TPSA) is 65.6 Å². The maximum atomic E-state index is 9.43. The van der Waals surface area contributed by atoms with Crippen LogP contribution in [0.15, 0.2) is 4.52 Å². The molecule has 0 aliphatic carbocycles. The lowest BCUT2D eigenvalue weighted by Gasteiger charge is -2.30. The number of hydrogen-bond donors (Lipinski definition) is 1. The summed E-state index contributed by atoms with van der Waals surface area (Å²) in [6.07, 6.45) is 4.80. The Morgan fingerprint density at radius 1 is 1.20 bits per heavy atom. The van der Waals surface area contributed by atoms with Gasteiger partial charge in [0.2, 0.25) is 5.89 Å². The van der Waals surface area contributed by atoms with E-state index in [-0.39, 0.29) is 6.61 Å². The first kappa shape index (κ1) is 14.0. The second kappa shape index (κ2) is 6.20. The third-order valence-corrected chi connectivity index (χ3v) is 4.56. The highest BCUT2D eigenvalue weighted by Crippen LogP contribution is 2.24. The van der Waals surface area contributed by atoms with E-state index in [2.05, 4.69) is 19.9 Å². The van der Waals surface area contributed by atoms with Crippen LogP contribution in [0, 0.1) is 6.92 Å².